The van der Waals surface area contributed by atoms with Gasteiger partial charge in [0.15, 0.2) is 0 Å². The lowest BCUT2D eigenvalue weighted by Gasteiger charge is -2.35. The molecule has 2 fully saturated rings. The van der Waals surface area contributed by atoms with Gasteiger partial charge in [-0.25, -0.2) is 9.97 Å². The number of piperazine rings is 1. The van der Waals surface area contributed by atoms with Gasteiger partial charge in [0, 0.05) is 44.6 Å². The molecule has 2 aliphatic rings. The standard InChI is InChI=1S/C14H23N5/c15-13(12-2-3-12)4-7-18-8-10-19(11-9-18)14-16-5-1-6-17-14/h1,5-6,12-13H,2-4,7-11,15H2. The molecule has 2 heterocycles. The summed E-state index contributed by atoms with van der Waals surface area (Å²) < 4.78 is 0. The molecule has 1 saturated carbocycles. The summed E-state index contributed by atoms with van der Waals surface area (Å²) in [7, 11) is 0. The van der Waals surface area contributed by atoms with Gasteiger partial charge in [-0.2, -0.15) is 0 Å². The van der Waals surface area contributed by atoms with Crippen LogP contribution in [0.25, 0.3) is 0 Å². The van der Waals surface area contributed by atoms with E-state index in [2.05, 4.69) is 19.8 Å². The number of aromatic nitrogens is 2. The predicted molar refractivity (Wildman–Crippen MR) is 76.0 cm³/mol. The molecule has 1 atom stereocenters. The molecule has 2 N–H and O–H groups in total. The molecule has 0 amide bonds. The molecule has 0 radical (unpaired) electrons. The maximum atomic E-state index is 6.16. The van der Waals surface area contributed by atoms with Crippen LogP contribution in [-0.2, 0) is 0 Å². The summed E-state index contributed by atoms with van der Waals surface area (Å²) in [6.07, 6.45) is 7.46. The Balaban J connectivity index is 1.42. The van der Waals surface area contributed by atoms with Gasteiger partial charge in [-0.3, -0.25) is 4.90 Å². The smallest absolute Gasteiger partial charge is 0.225 e. The lowest BCUT2D eigenvalue weighted by atomic mass is 10.1. The van der Waals surface area contributed by atoms with Crippen molar-refractivity contribution in [1.82, 2.24) is 14.9 Å². The van der Waals surface area contributed by atoms with E-state index in [0.717, 1.165) is 51.0 Å². The van der Waals surface area contributed by atoms with Crippen molar-refractivity contribution in [2.45, 2.75) is 25.3 Å². The highest BCUT2D eigenvalue weighted by Gasteiger charge is 2.28. The molecule has 5 heteroatoms. The Kier molecular flexibility index (Phi) is 3.94. The van der Waals surface area contributed by atoms with E-state index >= 15 is 0 Å². The Morgan fingerprint density at radius 3 is 2.47 bits per heavy atom. The summed E-state index contributed by atoms with van der Waals surface area (Å²) in [6.45, 7) is 5.36. The summed E-state index contributed by atoms with van der Waals surface area (Å²) >= 11 is 0. The first-order valence-corrected chi connectivity index (χ1v) is 7.33. The third-order valence-corrected chi connectivity index (χ3v) is 4.21. The van der Waals surface area contributed by atoms with Crippen molar-refractivity contribution in [1.29, 1.82) is 0 Å². The molecule has 1 aromatic rings. The molecular weight excluding hydrogens is 238 g/mol. The first kappa shape index (κ1) is 12.8. The van der Waals surface area contributed by atoms with Gasteiger partial charge in [0.05, 0.1) is 0 Å². The molecule has 0 aromatic carbocycles. The quantitative estimate of drug-likeness (QED) is 0.846. The summed E-state index contributed by atoms with van der Waals surface area (Å²) in [4.78, 5) is 13.4. The summed E-state index contributed by atoms with van der Waals surface area (Å²) in [6, 6.07) is 2.29. The minimum atomic E-state index is 0.426. The lowest BCUT2D eigenvalue weighted by molar-refractivity contribution is 0.244. The molecule has 5 nitrogen and oxygen atoms in total. The van der Waals surface area contributed by atoms with Crippen LogP contribution in [0.1, 0.15) is 19.3 Å². The van der Waals surface area contributed by atoms with E-state index in [1.165, 1.54) is 12.8 Å². The van der Waals surface area contributed by atoms with Gasteiger partial charge >= 0.3 is 0 Å². The topological polar surface area (TPSA) is 58.3 Å². The van der Waals surface area contributed by atoms with Crippen LogP contribution in [0.2, 0.25) is 0 Å². The zero-order valence-electron chi connectivity index (χ0n) is 11.4. The summed E-state index contributed by atoms with van der Waals surface area (Å²) in [5.74, 6) is 1.68. The van der Waals surface area contributed by atoms with Gasteiger partial charge in [-0.15, -0.1) is 0 Å². The molecule has 19 heavy (non-hydrogen) atoms. The molecule has 1 aliphatic heterocycles. The molecule has 1 unspecified atom stereocenters. The highest BCUT2D eigenvalue weighted by atomic mass is 15.3. The van der Waals surface area contributed by atoms with E-state index in [9.17, 15) is 0 Å². The zero-order valence-corrected chi connectivity index (χ0v) is 11.4. The van der Waals surface area contributed by atoms with Gasteiger partial charge in [0.25, 0.3) is 0 Å². The molecule has 0 spiro atoms. The van der Waals surface area contributed by atoms with Crippen LogP contribution in [0, 0.1) is 5.92 Å². The third-order valence-electron chi connectivity index (χ3n) is 4.21. The second kappa shape index (κ2) is 5.84. The Morgan fingerprint density at radius 2 is 1.84 bits per heavy atom. The fourth-order valence-corrected chi connectivity index (χ4v) is 2.72. The monoisotopic (exact) mass is 261 g/mol. The van der Waals surface area contributed by atoms with Gasteiger partial charge in [-0.1, -0.05) is 0 Å². The Labute approximate surface area is 114 Å². The SMILES string of the molecule is NC(CCN1CCN(c2ncccn2)CC1)C1CC1. The molecular formula is C14H23N5. The van der Waals surface area contributed by atoms with Gasteiger partial charge in [0.1, 0.15) is 0 Å². The van der Waals surface area contributed by atoms with E-state index in [1.807, 2.05) is 18.5 Å². The van der Waals surface area contributed by atoms with Crippen LogP contribution in [0.5, 0.6) is 0 Å². The Morgan fingerprint density at radius 1 is 1.16 bits per heavy atom. The van der Waals surface area contributed by atoms with E-state index in [-0.39, 0.29) is 0 Å². The summed E-state index contributed by atoms with van der Waals surface area (Å²) in [5, 5.41) is 0. The fourth-order valence-electron chi connectivity index (χ4n) is 2.72. The van der Waals surface area contributed by atoms with Gasteiger partial charge < -0.3 is 10.6 Å². The van der Waals surface area contributed by atoms with Crippen LogP contribution < -0.4 is 10.6 Å². The van der Waals surface area contributed by atoms with Crippen LogP contribution >= 0.6 is 0 Å². The molecule has 104 valence electrons. The molecule has 1 aromatic heterocycles. The number of nitrogens with zero attached hydrogens (tertiary/aromatic N) is 4. The van der Waals surface area contributed by atoms with Crippen LogP contribution in [0.15, 0.2) is 18.5 Å². The lowest BCUT2D eigenvalue weighted by Crippen LogP contribution is -2.48. The van der Waals surface area contributed by atoms with Crippen molar-refractivity contribution in [2.75, 3.05) is 37.6 Å². The number of rotatable bonds is 5. The van der Waals surface area contributed by atoms with Crippen LogP contribution in [-0.4, -0.2) is 53.6 Å². The average molecular weight is 261 g/mol. The van der Waals surface area contributed by atoms with Crippen molar-refractivity contribution in [3.05, 3.63) is 18.5 Å². The molecule has 3 rings (SSSR count). The van der Waals surface area contributed by atoms with E-state index < -0.39 is 0 Å². The second-order valence-corrected chi connectivity index (χ2v) is 5.67. The number of hydrogen-bond donors (Lipinski definition) is 1. The van der Waals surface area contributed by atoms with Crippen LogP contribution in [0.4, 0.5) is 5.95 Å². The van der Waals surface area contributed by atoms with Gasteiger partial charge in [0.2, 0.25) is 5.95 Å². The van der Waals surface area contributed by atoms with Crippen molar-refractivity contribution in [3.8, 4) is 0 Å². The van der Waals surface area contributed by atoms with Crippen molar-refractivity contribution in [2.24, 2.45) is 11.7 Å². The number of hydrogen-bond acceptors (Lipinski definition) is 5. The maximum absolute atomic E-state index is 6.16. The minimum Gasteiger partial charge on any atom is -0.338 e. The third kappa shape index (κ3) is 3.42. The number of nitrogens with two attached hydrogens (primary N) is 1. The minimum absolute atomic E-state index is 0.426. The first-order valence-electron chi connectivity index (χ1n) is 7.33. The highest BCUT2D eigenvalue weighted by molar-refractivity contribution is 5.29. The Bertz CT molecular complexity index is 384. The zero-order chi connectivity index (χ0) is 13.1. The predicted octanol–water partition coefficient (Wildman–Crippen LogP) is 0.726. The molecule has 1 saturated heterocycles. The average Bonchev–Trinajstić information content (AvgIpc) is 3.31. The van der Waals surface area contributed by atoms with Crippen molar-refractivity contribution < 1.29 is 0 Å². The van der Waals surface area contributed by atoms with E-state index in [1.54, 1.807) is 0 Å². The summed E-state index contributed by atoms with van der Waals surface area (Å²) in [5.41, 5.74) is 6.16. The van der Waals surface area contributed by atoms with Gasteiger partial charge in [-0.05, 0) is 37.8 Å². The van der Waals surface area contributed by atoms with E-state index in [4.69, 9.17) is 5.73 Å². The first-order chi connectivity index (χ1) is 9.33. The second-order valence-electron chi connectivity index (χ2n) is 5.67. The molecule has 0 bridgehead atoms. The normalized spacial score (nSPS) is 22.5. The Hall–Kier alpha value is -1.20. The molecule has 1 aliphatic carbocycles. The fraction of sp³-hybridized carbons (Fsp3) is 0.714. The highest BCUT2D eigenvalue weighted by Crippen LogP contribution is 2.32. The number of anilines is 1. The van der Waals surface area contributed by atoms with Crippen molar-refractivity contribution >= 4 is 5.95 Å². The van der Waals surface area contributed by atoms with E-state index in [0.29, 0.717) is 6.04 Å². The van der Waals surface area contributed by atoms with Crippen molar-refractivity contribution in [3.63, 3.8) is 0 Å². The van der Waals surface area contributed by atoms with Crippen LogP contribution in [0.3, 0.4) is 0 Å². The maximum Gasteiger partial charge on any atom is 0.225 e. The largest absolute Gasteiger partial charge is 0.338 e.